The van der Waals surface area contributed by atoms with Crippen molar-refractivity contribution in [2.24, 2.45) is 7.05 Å². The highest BCUT2D eigenvalue weighted by molar-refractivity contribution is 6.07. The number of anilines is 2. The highest BCUT2D eigenvalue weighted by Gasteiger charge is 2.16. The van der Waals surface area contributed by atoms with Crippen molar-refractivity contribution in [1.82, 2.24) is 29.4 Å². The summed E-state index contributed by atoms with van der Waals surface area (Å²) in [7, 11) is 3.87. The van der Waals surface area contributed by atoms with E-state index in [-0.39, 0.29) is 0 Å². The van der Waals surface area contributed by atoms with Gasteiger partial charge in [0.1, 0.15) is 17.0 Å². The molecule has 4 aromatic heterocycles. The number of hydrogen-bond donors (Lipinski definition) is 3. The maximum Gasteiger partial charge on any atom is 0.156 e. The van der Waals surface area contributed by atoms with E-state index in [4.69, 9.17) is 9.97 Å². The molecule has 1 saturated heterocycles. The number of rotatable bonds is 6. The smallest absolute Gasteiger partial charge is 0.156 e. The van der Waals surface area contributed by atoms with Gasteiger partial charge < -0.3 is 25.1 Å². The number of pyridine rings is 2. The Kier molecular flexibility index (Phi) is 4.55. The first-order valence-electron chi connectivity index (χ1n) is 10.2. The highest BCUT2D eigenvalue weighted by atomic mass is 15.2. The Labute approximate surface area is 169 Å². The first kappa shape index (κ1) is 17.9. The lowest BCUT2D eigenvalue weighted by Crippen LogP contribution is -2.26. The Morgan fingerprint density at radius 3 is 2.86 bits per heavy atom. The molecule has 0 spiro atoms. The van der Waals surface area contributed by atoms with Gasteiger partial charge in [0.05, 0.1) is 23.2 Å². The van der Waals surface area contributed by atoms with Gasteiger partial charge >= 0.3 is 0 Å². The normalized spacial score (nSPS) is 14.8. The third-order valence-electron chi connectivity index (χ3n) is 5.63. The summed E-state index contributed by atoms with van der Waals surface area (Å²) >= 11 is 0. The zero-order valence-corrected chi connectivity index (χ0v) is 16.9. The Morgan fingerprint density at radius 2 is 2.03 bits per heavy atom. The molecule has 0 unspecified atom stereocenters. The van der Waals surface area contributed by atoms with Crippen LogP contribution in [0.5, 0.6) is 0 Å². The van der Waals surface area contributed by atoms with Crippen LogP contribution < -0.4 is 10.6 Å². The van der Waals surface area contributed by atoms with Gasteiger partial charge in [-0.25, -0.2) is 15.0 Å². The molecular weight excluding hydrogens is 364 g/mol. The number of fused-ring (bicyclic) bond motifs is 3. The van der Waals surface area contributed by atoms with Crippen molar-refractivity contribution in [1.29, 1.82) is 0 Å². The van der Waals surface area contributed by atoms with Crippen LogP contribution in [0.25, 0.3) is 33.5 Å². The molecular formula is C21H26N8. The lowest BCUT2D eigenvalue weighted by atomic mass is 10.2. The van der Waals surface area contributed by atoms with Crippen molar-refractivity contribution in [3.8, 4) is 11.4 Å². The monoisotopic (exact) mass is 390 g/mol. The summed E-state index contributed by atoms with van der Waals surface area (Å²) in [6.07, 6.45) is 4.46. The second kappa shape index (κ2) is 7.36. The van der Waals surface area contributed by atoms with Crippen LogP contribution in [-0.4, -0.2) is 62.6 Å². The van der Waals surface area contributed by atoms with Gasteiger partial charge in [-0.05, 0) is 44.1 Å². The van der Waals surface area contributed by atoms with Crippen LogP contribution in [-0.2, 0) is 7.05 Å². The molecule has 5 rings (SSSR count). The lowest BCUT2D eigenvalue weighted by Gasteiger charge is -2.15. The van der Waals surface area contributed by atoms with Crippen LogP contribution in [0.1, 0.15) is 12.8 Å². The van der Waals surface area contributed by atoms with Crippen molar-refractivity contribution >= 4 is 33.7 Å². The second-order valence-electron chi connectivity index (χ2n) is 7.59. The van der Waals surface area contributed by atoms with E-state index in [1.54, 1.807) is 0 Å². The maximum atomic E-state index is 4.81. The zero-order valence-electron chi connectivity index (χ0n) is 16.9. The minimum Gasteiger partial charge on any atom is -0.371 e. The molecule has 0 atom stereocenters. The average molecular weight is 390 g/mol. The third kappa shape index (κ3) is 3.29. The van der Waals surface area contributed by atoms with Gasteiger partial charge in [0.25, 0.3) is 0 Å². The number of nitrogens with zero attached hydrogens (tertiary/aromatic N) is 5. The molecule has 0 aromatic carbocycles. The molecule has 0 saturated carbocycles. The van der Waals surface area contributed by atoms with Crippen LogP contribution in [0.15, 0.2) is 30.6 Å². The molecule has 4 aromatic rings. The number of aryl methyl sites for hydroxylation is 1. The van der Waals surface area contributed by atoms with E-state index in [0.29, 0.717) is 0 Å². The van der Waals surface area contributed by atoms with E-state index in [2.05, 4.69) is 31.6 Å². The zero-order chi connectivity index (χ0) is 19.8. The van der Waals surface area contributed by atoms with Crippen LogP contribution in [0.4, 0.5) is 11.6 Å². The van der Waals surface area contributed by atoms with Gasteiger partial charge in [-0.2, -0.15) is 0 Å². The van der Waals surface area contributed by atoms with Gasteiger partial charge in [0.2, 0.25) is 0 Å². The van der Waals surface area contributed by atoms with Gasteiger partial charge in [-0.1, -0.05) is 6.07 Å². The molecule has 0 bridgehead atoms. The lowest BCUT2D eigenvalue weighted by molar-refractivity contribution is 0.352. The second-order valence-corrected chi connectivity index (χ2v) is 7.59. The number of aromatic amines is 1. The Morgan fingerprint density at radius 1 is 1.17 bits per heavy atom. The van der Waals surface area contributed by atoms with Crippen molar-refractivity contribution in [2.45, 2.75) is 12.8 Å². The predicted molar refractivity (Wildman–Crippen MR) is 117 cm³/mol. The van der Waals surface area contributed by atoms with E-state index >= 15 is 0 Å². The largest absolute Gasteiger partial charge is 0.371 e. The molecule has 150 valence electrons. The summed E-state index contributed by atoms with van der Waals surface area (Å²) < 4.78 is 2.03. The molecule has 8 nitrogen and oxygen atoms in total. The van der Waals surface area contributed by atoms with E-state index in [1.165, 1.54) is 25.9 Å². The molecule has 0 radical (unpaired) electrons. The van der Waals surface area contributed by atoms with Gasteiger partial charge in [-0.3, -0.25) is 0 Å². The van der Waals surface area contributed by atoms with Gasteiger partial charge in [0, 0.05) is 32.6 Å². The van der Waals surface area contributed by atoms with Crippen molar-refractivity contribution in [3.05, 3.63) is 30.6 Å². The summed E-state index contributed by atoms with van der Waals surface area (Å²) in [5.74, 6) is 1.67. The molecule has 1 fully saturated rings. The first-order chi connectivity index (χ1) is 14.2. The number of likely N-dealkylation sites (tertiary alicyclic amines) is 1. The number of imidazole rings is 1. The summed E-state index contributed by atoms with van der Waals surface area (Å²) in [6.45, 7) is 4.40. The quantitative estimate of drug-likeness (QED) is 0.469. The molecule has 3 N–H and O–H groups in total. The van der Waals surface area contributed by atoms with Crippen molar-refractivity contribution < 1.29 is 0 Å². The van der Waals surface area contributed by atoms with Crippen molar-refractivity contribution in [3.63, 3.8) is 0 Å². The average Bonchev–Trinajstić information content (AvgIpc) is 3.47. The standard InChI is InChI=1S/C21H26N8/c1-22-21-18-19(28(2)13-24-18)14-12-16(26-20(14)27-21)15-6-5-7-17(25-15)23-8-11-29-9-3-4-10-29/h5-7,12-13H,3-4,8-11H2,1-2H3,(H,23,25)(H2,22,26,27). The summed E-state index contributed by atoms with van der Waals surface area (Å²) in [4.78, 5) is 19.9. The Hall–Kier alpha value is -3.13. The fourth-order valence-electron chi connectivity index (χ4n) is 4.14. The van der Waals surface area contributed by atoms with Gasteiger partial charge in [-0.15, -0.1) is 0 Å². The topological polar surface area (TPSA) is 86.7 Å². The fraction of sp³-hybridized carbons (Fsp3) is 0.381. The molecule has 1 aliphatic rings. The number of nitrogens with one attached hydrogen (secondary N) is 3. The molecule has 1 aliphatic heterocycles. The van der Waals surface area contributed by atoms with Gasteiger partial charge in [0.15, 0.2) is 5.82 Å². The summed E-state index contributed by atoms with van der Waals surface area (Å²) in [5.41, 5.74) is 4.61. The van der Waals surface area contributed by atoms with E-state index in [0.717, 1.165) is 58.2 Å². The molecule has 8 heteroatoms. The molecule has 0 aliphatic carbocycles. The predicted octanol–water partition coefficient (Wildman–Crippen LogP) is 3.06. The van der Waals surface area contributed by atoms with Crippen LogP contribution >= 0.6 is 0 Å². The van der Waals surface area contributed by atoms with Crippen LogP contribution in [0, 0.1) is 0 Å². The summed E-state index contributed by atoms with van der Waals surface area (Å²) in [5, 5.41) is 7.65. The van der Waals surface area contributed by atoms with E-state index < -0.39 is 0 Å². The van der Waals surface area contributed by atoms with E-state index in [9.17, 15) is 0 Å². The molecule has 0 amide bonds. The SMILES string of the molecule is CNc1nc2[nH]c(-c3cccc(NCCN4CCCC4)n3)cc2c2c1ncn2C. The van der Waals surface area contributed by atoms with Crippen LogP contribution in [0.2, 0.25) is 0 Å². The maximum absolute atomic E-state index is 4.81. The minimum absolute atomic E-state index is 0.770. The number of aromatic nitrogens is 5. The Bertz CT molecular complexity index is 1150. The molecule has 5 heterocycles. The van der Waals surface area contributed by atoms with Crippen molar-refractivity contribution in [2.75, 3.05) is 43.9 Å². The number of H-pyrrole nitrogens is 1. The first-order valence-corrected chi connectivity index (χ1v) is 10.2. The highest BCUT2D eigenvalue weighted by Crippen LogP contribution is 2.31. The number of hydrogen-bond acceptors (Lipinski definition) is 6. The summed E-state index contributed by atoms with van der Waals surface area (Å²) in [6, 6.07) is 8.20. The fourth-order valence-corrected chi connectivity index (χ4v) is 4.14. The molecule has 29 heavy (non-hydrogen) atoms. The van der Waals surface area contributed by atoms with Crippen LogP contribution in [0.3, 0.4) is 0 Å². The third-order valence-corrected chi connectivity index (χ3v) is 5.63. The Balaban J connectivity index is 1.44. The van der Waals surface area contributed by atoms with E-state index in [1.807, 2.05) is 43.2 Å². The minimum atomic E-state index is 0.770.